The molecule has 0 spiro atoms. The number of nitrogens with zero attached hydrogens (tertiary/aromatic N) is 4. The molecule has 2 heterocycles. The molecule has 116 valence electrons. The molecule has 0 aliphatic heterocycles. The zero-order chi connectivity index (χ0) is 15.5. The third kappa shape index (κ3) is 3.46. The van der Waals surface area contributed by atoms with Crippen molar-refractivity contribution >= 4 is 10.0 Å². The van der Waals surface area contributed by atoms with E-state index in [9.17, 15) is 8.42 Å². The summed E-state index contributed by atoms with van der Waals surface area (Å²) in [5, 5.41) is 10.6. The Labute approximate surface area is 123 Å². The van der Waals surface area contributed by atoms with E-state index < -0.39 is 10.0 Å². The van der Waals surface area contributed by atoms with Crippen LogP contribution in [0.15, 0.2) is 11.2 Å². The Morgan fingerprint density at radius 3 is 2.81 bits per heavy atom. The summed E-state index contributed by atoms with van der Waals surface area (Å²) in [5.41, 5.74) is 6.54. The van der Waals surface area contributed by atoms with Crippen molar-refractivity contribution in [1.29, 1.82) is 0 Å². The maximum atomic E-state index is 12.4. The fraction of sp³-hybridized carbons (Fsp3) is 0.545. The number of aryl methyl sites for hydroxylation is 1. The van der Waals surface area contributed by atoms with Gasteiger partial charge in [-0.05, 0) is 13.8 Å². The second-order valence-electron chi connectivity index (χ2n) is 4.59. The molecule has 0 bridgehead atoms. The number of hydrogen-bond acceptors (Lipinski definition) is 6. The minimum Gasteiger partial charge on any atom is -0.329 e. The minimum absolute atomic E-state index is 0.216. The molecule has 9 nitrogen and oxygen atoms in total. The monoisotopic (exact) mass is 313 g/mol. The van der Waals surface area contributed by atoms with Crippen LogP contribution in [0.4, 0.5) is 0 Å². The van der Waals surface area contributed by atoms with Gasteiger partial charge < -0.3 is 5.73 Å². The van der Waals surface area contributed by atoms with Crippen LogP contribution in [0.3, 0.4) is 0 Å². The van der Waals surface area contributed by atoms with Gasteiger partial charge in [-0.15, -0.1) is 0 Å². The Kier molecular flexibility index (Phi) is 4.70. The van der Waals surface area contributed by atoms with Gasteiger partial charge in [-0.2, -0.15) is 10.2 Å². The summed E-state index contributed by atoms with van der Waals surface area (Å²) in [6, 6.07) is 0. The minimum atomic E-state index is -3.61. The number of nitrogens with two attached hydrogens (primary N) is 1. The normalized spacial score (nSPS) is 12.0. The van der Waals surface area contributed by atoms with Crippen molar-refractivity contribution in [3.63, 3.8) is 0 Å². The molecule has 0 aliphatic rings. The molecule has 10 heteroatoms. The Morgan fingerprint density at radius 1 is 1.43 bits per heavy atom. The molecule has 0 fully saturated rings. The van der Waals surface area contributed by atoms with Crippen LogP contribution in [0, 0.1) is 13.8 Å². The average molecular weight is 313 g/mol. The molecular weight excluding hydrogens is 294 g/mol. The van der Waals surface area contributed by atoms with E-state index in [1.54, 1.807) is 18.5 Å². The van der Waals surface area contributed by atoms with Crippen molar-refractivity contribution in [2.24, 2.45) is 5.73 Å². The molecule has 2 aromatic heterocycles. The van der Waals surface area contributed by atoms with E-state index in [-0.39, 0.29) is 11.4 Å². The summed E-state index contributed by atoms with van der Waals surface area (Å²) in [6.45, 7) is 4.52. The first-order valence-corrected chi connectivity index (χ1v) is 8.02. The standard InChI is InChI=1S/C11H19N7O2S/c1-8-11(9(2)18(17-8)6-4-12)21(19,20)15-5-3-10-13-7-14-16-10/h7,15H,3-6,12H2,1-2H3,(H,13,14,16). The summed E-state index contributed by atoms with van der Waals surface area (Å²) in [5.74, 6) is 0.630. The Hall–Kier alpha value is -1.78. The fourth-order valence-electron chi connectivity index (χ4n) is 2.14. The number of rotatable bonds is 7. The maximum Gasteiger partial charge on any atom is 0.244 e. The van der Waals surface area contributed by atoms with Crippen LogP contribution in [0.25, 0.3) is 0 Å². The highest BCUT2D eigenvalue weighted by Gasteiger charge is 2.24. The second kappa shape index (κ2) is 6.33. The van der Waals surface area contributed by atoms with Gasteiger partial charge in [0.15, 0.2) is 0 Å². The number of nitrogens with one attached hydrogen (secondary N) is 2. The Bertz CT molecular complexity index is 690. The van der Waals surface area contributed by atoms with Crippen LogP contribution >= 0.6 is 0 Å². The topological polar surface area (TPSA) is 132 Å². The van der Waals surface area contributed by atoms with E-state index in [4.69, 9.17) is 5.73 Å². The van der Waals surface area contributed by atoms with Gasteiger partial charge in [0.2, 0.25) is 10.0 Å². The van der Waals surface area contributed by atoms with E-state index in [2.05, 4.69) is 25.0 Å². The lowest BCUT2D eigenvalue weighted by Crippen LogP contribution is -2.27. The van der Waals surface area contributed by atoms with Crippen molar-refractivity contribution < 1.29 is 8.42 Å². The molecule has 0 unspecified atom stereocenters. The van der Waals surface area contributed by atoms with Crippen LogP contribution in [0.1, 0.15) is 17.2 Å². The lowest BCUT2D eigenvalue weighted by atomic mass is 10.4. The molecule has 0 atom stereocenters. The van der Waals surface area contributed by atoms with Crippen molar-refractivity contribution in [2.75, 3.05) is 13.1 Å². The van der Waals surface area contributed by atoms with Gasteiger partial charge in [0.1, 0.15) is 17.0 Å². The fourth-order valence-corrected chi connectivity index (χ4v) is 3.58. The van der Waals surface area contributed by atoms with Crippen LogP contribution in [0.2, 0.25) is 0 Å². The molecule has 21 heavy (non-hydrogen) atoms. The van der Waals surface area contributed by atoms with Crippen molar-refractivity contribution in [2.45, 2.75) is 31.7 Å². The van der Waals surface area contributed by atoms with E-state index in [0.29, 0.717) is 36.7 Å². The second-order valence-corrected chi connectivity index (χ2v) is 6.30. The molecule has 0 radical (unpaired) electrons. The van der Waals surface area contributed by atoms with E-state index in [1.807, 2.05) is 0 Å². The molecule has 0 aromatic carbocycles. The number of aromatic amines is 1. The summed E-state index contributed by atoms with van der Waals surface area (Å²) in [6.07, 6.45) is 1.82. The third-order valence-electron chi connectivity index (χ3n) is 3.04. The first kappa shape index (κ1) is 15.6. The van der Waals surface area contributed by atoms with Gasteiger partial charge in [-0.1, -0.05) is 0 Å². The maximum absolute atomic E-state index is 12.4. The Balaban J connectivity index is 2.12. The quantitative estimate of drug-likeness (QED) is 0.607. The lowest BCUT2D eigenvalue weighted by Gasteiger charge is -2.07. The molecule has 2 aromatic rings. The van der Waals surface area contributed by atoms with Gasteiger partial charge in [0, 0.05) is 19.5 Å². The Morgan fingerprint density at radius 2 is 2.19 bits per heavy atom. The smallest absolute Gasteiger partial charge is 0.244 e. The number of hydrogen-bond donors (Lipinski definition) is 3. The molecule has 0 aliphatic carbocycles. The number of aromatic nitrogens is 5. The van der Waals surface area contributed by atoms with Gasteiger partial charge in [-0.25, -0.2) is 18.1 Å². The van der Waals surface area contributed by atoms with Crippen molar-refractivity contribution in [3.8, 4) is 0 Å². The number of H-pyrrole nitrogens is 1. The largest absolute Gasteiger partial charge is 0.329 e. The van der Waals surface area contributed by atoms with Gasteiger partial charge in [0.05, 0.1) is 17.9 Å². The van der Waals surface area contributed by atoms with Gasteiger partial charge in [0.25, 0.3) is 0 Å². The predicted octanol–water partition coefficient (Wildman–Crippen LogP) is -0.902. The van der Waals surface area contributed by atoms with E-state index >= 15 is 0 Å². The van der Waals surface area contributed by atoms with Crippen LogP contribution in [-0.4, -0.2) is 46.5 Å². The SMILES string of the molecule is Cc1nn(CCN)c(C)c1S(=O)(=O)NCCc1ncn[nH]1. The summed E-state index contributed by atoms with van der Waals surface area (Å²) < 4.78 is 28.9. The average Bonchev–Trinajstić information content (AvgIpc) is 2.99. The first-order chi connectivity index (χ1) is 9.95. The van der Waals surface area contributed by atoms with E-state index in [0.717, 1.165) is 0 Å². The predicted molar refractivity (Wildman–Crippen MR) is 76.0 cm³/mol. The first-order valence-electron chi connectivity index (χ1n) is 6.53. The van der Waals surface area contributed by atoms with Crippen LogP contribution < -0.4 is 10.5 Å². The van der Waals surface area contributed by atoms with E-state index in [1.165, 1.54) is 6.33 Å². The summed E-state index contributed by atoms with van der Waals surface area (Å²) >= 11 is 0. The lowest BCUT2D eigenvalue weighted by molar-refractivity contribution is 0.577. The number of sulfonamides is 1. The zero-order valence-electron chi connectivity index (χ0n) is 12.0. The van der Waals surface area contributed by atoms with Crippen molar-refractivity contribution in [1.82, 2.24) is 29.7 Å². The molecular formula is C11H19N7O2S. The molecule has 0 saturated heterocycles. The molecule has 0 saturated carbocycles. The highest BCUT2D eigenvalue weighted by Crippen LogP contribution is 2.18. The van der Waals surface area contributed by atoms with Crippen LogP contribution in [-0.2, 0) is 23.0 Å². The molecule has 2 rings (SSSR count). The molecule has 4 N–H and O–H groups in total. The zero-order valence-corrected chi connectivity index (χ0v) is 12.8. The van der Waals surface area contributed by atoms with Crippen LogP contribution in [0.5, 0.6) is 0 Å². The van der Waals surface area contributed by atoms with Gasteiger partial charge in [-0.3, -0.25) is 9.78 Å². The van der Waals surface area contributed by atoms with Gasteiger partial charge >= 0.3 is 0 Å². The summed E-state index contributed by atoms with van der Waals surface area (Å²) in [4.78, 5) is 4.16. The highest BCUT2D eigenvalue weighted by molar-refractivity contribution is 7.89. The highest BCUT2D eigenvalue weighted by atomic mass is 32.2. The summed E-state index contributed by atoms with van der Waals surface area (Å²) in [7, 11) is -3.61. The molecule has 0 amide bonds. The third-order valence-corrected chi connectivity index (χ3v) is 4.76. The van der Waals surface area contributed by atoms with Crippen molar-refractivity contribution in [3.05, 3.63) is 23.5 Å².